The Morgan fingerprint density at radius 2 is 1.38 bits per heavy atom. The molecule has 7 nitrogen and oxygen atoms in total. The molecule has 2 saturated heterocycles. The molecular formula is C19H21ClN2O5S2. The molecule has 0 aliphatic carbocycles. The van der Waals surface area contributed by atoms with E-state index >= 15 is 0 Å². The van der Waals surface area contributed by atoms with Crippen molar-refractivity contribution in [2.45, 2.75) is 28.4 Å². The molecule has 2 aliphatic heterocycles. The first-order valence-corrected chi connectivity index (χ1v) is 12.5. The van der Waals surface area contributed by atoms with E-state index in [1.165, 1.54) is 32.9 Å². The molecule has 2 fully saturated rings. The lowest BCUT2D eigenvalue weighted by atomic mass is 10.0. The van der Waals surface area contributed by atoms with Gasteiger partial charge >= 0.3 is 0 Å². The highest BCUT2D eigenvalue weighted by atomic mass is 35.5. The summed E-state index contributed by atoms with van der Waals surface area (Å²) in [5.41, 5.74) is -1.01. The summed E-state index contributed by atoms with van der Waals surface area (Å²) in [6.07, 6.45) is 0.539. The van der Waals surface area contributed by atoms with Crippen LogP contribution in [0.4, 0.5) is 0 Å². The molecule has 0 amide bonds. The fourth-order valence-electron chi connectivity index (χ4n) is 3.88. The number of hydrogen-bond donors (Lipinski definition) is 0. The Labute approximate surface area is 175 Å². The quantitative estimate of drug-likeness (QED) is 0.705. The van der Waals surface area contributed by atoms with Crippen LogP contribution in [0, 0.1) is 0 Å². The topological polar surface area (TPSA) is 84.0 Å². The average Bonchev–Trinajstić information content (AvgIpc) is 3.13. The summed E-state index contributed by atoms with van der Waals surface area (Å²) in [6, 6.07) is 14.2. The van der Waals surface area contributed by atoms with Crippen molar-refractivity contribution in [3.8, 4) is 0 Å². The van der Waals surface area contributed by atoms with Gasteiger partial charge in [-0.1, -0.05) is 29.8 Å². The van der Waals surface area contributed by atoms with Gasteiger partial charge in [0.15, 0.2) is 0 Å². The van der Waals surface area contributed by atoms with Gasteiger partial charge < -0.3 is 4.74 Å². The zero-order valence-electron chi connectivity index (χ0n) is 15.6. The molecule has 4 rings (SSSR count). The van der Waals surface area contributed by atoms with Gasteiger partial charge in [-0.25, -0.2) is 16.8 Å². The number of benzene rings is 2. The SMILES string of the molecule is O=S(=O)(c1ccc(Cl)cc1)N1CCC2(CC1)OCCN2S(=O)(=O)c1ccccc1. The van der Waals surface area contributed by atoms with Crippen molar-refractivity contribution < 1.29 is 21.6 Å². The second-order valence-corrected chi connectivity index (χ2v) is 11.3. The molecule has 10 heteroatoms. The van der Waals surface area contributed by atoms with Crippen LogP contribution in [0.25, 0.3) is 0 Å². The summed E-state index contributed by atoms with van der Waals surface area (Å²) in [4.78, 5) is 0.375. The number of ether oxygens (including phenoxy) is 1. The minimum absolute atomic E-state index is 0.166. The van der Waals surface area contributed by atoms with Crippen LogP contribution in [-0.4, -0.2) is 57.4 Å². The Balaban J connectivity index is 1.55. The Morgan fingerprint density at radius 3 is 2.00 bits per heavy atom. The van der Waals surface area contributed by atoms with E-state index in [0.29, 0.717) is 5.02 Å². The van der Waals surface area contributed by atoms with Crippen molar-refractivity contribution in [1.29, 1.82) is 0 Å². The molecule has 0 saturated carbocycles. The standard InChI is InChI=1S/C19H21ClN2O5S2/c20-16-6-8-18(9-7-16)28(23,24)21-12-10-19(11-13-21)22(14-15-27-19)29(25,26)17-4-2-1-3-5-17/h1-9H,10-15H2. The van der Waals surface area contributed by atoms with Gasteiger partial charge in [0.1, 0.15) is 5.72 Å². The molecule has 2 aliphatic rings. The number of sulfonamides is 2. The lowest BCUT2D eigenvalue weighted by molar-refractivity contribution is -0.0806. The van der Waals surface area contributed by atoms with Crippen LogP contribution >= 0.6 is 11.6 Å². The molecule has 0 atom stereocenters. The van der Waals surface area contributed by atoms with E-state index in [2.05, 4.69) is 0 Å². The minimum Gasteiger partial charge on any atom is -0.358 e. The average molecular weight is 457 g/mol. The van der Waals surface area contributed by atoms with Crippen LogP contribution in [0.3, 0.4) is 0 Å². The van der Waals surface area contributed by atoms with Crippen molar-refractivity contribution in [2.24, 2.45) is 0 Å². The molecule has 2 aromatic rings. The normalized spacial score (nSPS) is 20.9. The zero-order valence-corrected chi connectivity index (χ0v) is 18.0. The molecule has 0 radical (unpaired) electrons. The van der Waals surface area contributed by atoms with Gasteiger partial charge in [0.25, 0.3) is 0 Å². The predicted octanol–water partition coefficient (Wildman–Crippen LogP) is 2.54. The lowest BCUT2D eigenvalue weighted by Gasteiger charge is -2.42. The summed E-state index contributed by atoms with van der Waals surface area (Å²) < 4.78 is 60.8. The zero-order chi connectivity index (χ0) is 20.7. The Kier molecular flexibility index (Phi) is 5.47. The molecular weight excluding hydrogens is 436 g/mol. The van der Waals surface area contributed by atoms with Crippen LogP contribution < -0.4 is 0 Å². The maximum atomic E-state index is 13.1. The van der Waals surface area contributed by atoms with Gasteiger partial charge in [-0.05, 0) is 36.4 Å². The van der Waals surface area contributed by atoms with E-state index in [9.17, 15) is 16.8 Å². The fraction of sp³-hybridized carbons (Fsp3) is 0.368. The Bertz CT molecular complexity index is 1080. The van der Waals surface area contributed by atoms with Crippen molar-refractivity contribution in [1.82, 2.24) is 8.61 Å². The smallest absolute Gasteiger partial charge is 0.245 e. The van der Waals surface area contributed by atoms with Crippen molar-refractivity contribution in [2.75, 3.05) is 26.2 Å². The number of hydrogen-bond acceptors (Lipinski definition) is 5. The summed E-state index contributed by atoms with van der Waals surface area (Å²) in [5, 5.41) is 0.461. The molecule has 1 spiro atoms. The third kappa shape index (κ3) is 3.71. The minimum atomic E-state index is -3.73. The Hall–Kier alpha value is -1.49. The van der Waals surface area contributed by atoms with Crippen LogP contribution in [0.5, 0.6) is 0 Å². The summed E-state index contributed by atoms with van der Waals surface area (Å²) >= 11 is 5.85. The summed E-state index contributed by atoms with van der Waals surface area (Å²) in [7, 11) is -7.41. The summed E-state index contributed by atoms with van der Waals surface area (Å²) in [6.45, 7) is 0.884. The molecule has 2 aromatic carbocycles. The lowest BCUT2D eigenvalue weighted by Crippen LogP contribution is -2.55. The first kappa shape index (κ1) is 20.8. The van der Waals surface area contributed by atoms with E-state index in [4.69, 9.17) is 16.3 Å². The maximum Gasteiger partial charge on any atom is 0.245 e. The Morgan fingerprint density at radius 1 is 0.793 bits per heavy atom. The van der Waals surface area contributed by atoms with Crippen molar-refractivity contribution >= 4 is 31.6 Å². The van der Waals surface area contributed by atoms with Crippen LogP contribution in [0.15, 0.2) is 64.4 Å². The van der Waals surface area contributed by atoms with Crippen molar-refractivity contribution in [3.63, 3.8) is 0 Å². The van der Waals surface area contributed by atoms with Gasteiger partial charge in [-0.2, -0.15) is 8.61 Å². The predicted molar refractivity (Wildman–Crippen MR) is 108 cm³/mol. The highest BCUT2D eigenvalue weighted by molar-refractivity contribution is 7.89. The second-order valence-electron chi connectivity index (χ2n) is 7.04. The monoisotopic (exact) mass is 456 g/mol. The van der Waals surface area contributed by atoms with Gasteiger partial charge in [0.05, 0.1) is 16.4 Å². The highest BCUT2D eigenvalue weighted by Crippen LogP contribution is 2.39. The third-order valence-corrected chi connectivity index (χ3v) is 9.53. The van der Waals surface area contributed by atoms with E-state index in [1.54, 1.807) is 30.3 Å². The van der Waals surface area contributed by atoms with Gasteiger partial charge in [-0.15, -0.1) is 0 Å². The van der Waals surface area contributed by atoms with Gasteiger partial charge in [0, 0.05) is 37.5 Å². The molecule has 2 heterocycles. The maximum absolute atomic E-state index is 13.1. The number of halogens is 1. The number of piperidine rings is 1. The highest BCUT2D eigenvalue weighted by Gasteiger charge is 2.51. The largest absolute Gasteiger partial charge is 0.358 e. The van der Waals surface area contributed by atoms with E-state index in [0.717, 1.165) is 0 Å². The van der Waals surface area contributed by atoms with Crippen LogP contribution in [-0.2, 0) is 24.8 Å². The molecule has 156 valence electrons. The molecule has 0 aromatic heterocycles. The van der Waals surface area contributed by atoms with E-state index < -0.39 is 25.8 Å². The number of nitrogens with zero attached hydrogens (tertiary/aromatic N) is 2. The van der Waals surface area contributed by atoms with Crippen LogP contribution in [0.2, 0.25) is 5.02 Å². The number of rotatable bonds is 4. The molecule has 0 bridgehead atoms. The van der Waals surface area contributed by atoms with E-state index in [-0.39, 0.29) is 48.9 Å². The second kappa shape index (κ2) is 7.64. The molecule has 0 N–H and O–H groups in total. The van der Waals surface area contributed by atoms with E-state index in [1.807, 2.05) is 0 Å². The first-order chi connectivity index (χ1) is 13.8. The first-order valence-electron chi connectivity index (χ1n) is 9.23. The summed E-state index contributed by atoms with van der Waals surface area (Å²) in [5.74, 6) is 0. The molecule has 0 unspecified atom stereocenters. The third-order valence-electron chi connectivity index (χ3n) is 5.41. The van der Waals surface area contributed by atoms with Crippen molar-refractivity contribution in [3.05, 3.63) is 59.6 Å². The fourth-order valence-corrected chi connectivity index (χ4v) is 7.19. The van der Waals surface area contributed by atoms with Gasteiger partial charge in [-0.3, -0.25) is 0 Å². The van der Waals surface area contributed by atoms with Crippen LogP contribution in [0.1, 0.15) is 12.8 Å². The van der Waals surface area contributed by atoms with Gasteiger partial charge in [0.2, 0.25) is 20.0 Å². The molecule has 29 heavy (non-hydrogen) atoms.